The van der Waals surface area contributed by atoms with Gasteiger partial charge in [0, 0.05) is 12.6 Å². The van der Waals surface area contributed by atoms with Gasteiger partial charge in [0.2, 0.25) is 5.91 Å². The first-order valence-electron chi connectivity index (χ1n) is 6.01. The Hall–Kier alpha value is -1.49. The molecule has 0 aliphatic rings. The Labute approximate surface area is 118 Å². The van der Waals surface area contributed by atoms with E-state index in [4.69, 9.17) is 18.0 Å². The van der Waals surface area contributed by atoms with Crippen LogP contribution in [0.1, 0.15) is 32.4 Å². The molecule has 0 aliphatic heterocycles. The Kier molecular flexibility index (Phi) is 4.63. The number of benzene rings is 1. The molecule has 19 heavy (non-hydrogen) atoms. The van der Waals surface area contributed by atoms with Gasteiger partial charge in [-0.25, -0.2) is 4.39 Å². The minimum atomic E-state index is -0.941. The highest BCUT2D eigenvalue weighted by Crippen LogP contribution is 2.27. The SMILES string of the molecule is CC(c1ccccc1F)N(C)C(=O)C(C)(C)C(N)=S. The summed E-state index contributed by atoms with van der Waals surface area (Å²) in [4.78, 5) is 14.0. The van der Waals surface area contributed by atoms with Crippen LogP contribution >= 0.6 is 12.2 Å². The zero-order chi connectivity index (χ0) is 14.8. The van der Waals surface area contributed by atoms with Crippen molar-refractivity contribution in [3.8, 4) is 0 Å². The number of hydrogen-bond donors (Lipinski definition) is 1. The minimum Gasteiger partial charge on any atom is -0.392 e. The number of hydrogen-bond acceptors (Lipinski definition) is 2. The Morgan fingerprint density at radius 1 is 1.42 bits per heavy atom. The zero-order valence-corrected chi connectivity index (χ0v) is 12.4. The average Bonchev–Trinajstić information content (AvgIpc) is 2.36. The number of nitrogens with zero attached hydrogens (tertiary/aromatic N) is 1. The van der Waals surface area contributed by atoms with Crippen molar-refractivity contribution in [2.24, 2.45) is 11.1 Å². The smallest absolute Gasteiger partial charge is 0.235 e. The van der Waals surface area contributed by atoms with Crippen molar-refractivity contribution in [3.63, 3.8) is 0 Å². The van der Waals surface area contributed by atoms with Crippen molar-refractivity contribution < 1.29 is 9.18 Å². The van der Waals surface area contributed by atoms with Crippen molar-refractivity contribution in [2.75, 3.05) is 7.05 Å². The van der Waals surface area contributed by atoms with Crippen LogP contribution in [0.15, 0.2) is 24.3 Å². The normalized spacial score (nSPS) is 12.9. The molecule has 0 aromatic heterocycles. The summed E-state index contributed by atoms with van der Waals surface area (Å²) in [6, 6.07) is 6.01. The first kappa shape index (κ1) is 15.6. The lowest BCUT2D eigenvalue weighted by Crippen LogP contribution is -2.46. The third kappa shape index (κ3) is 3.10. The first-order valence-corrected chi connectivity index (χ1v) is 6.42. The van der Waals surface area contributed by atoms with Crippen molar-refractivity contribution >= 4 is 23.1 Å². The van der Waals surface area contributed by atoms with Gasteiger partial charge in [0.05, 0.1) is 16.4 Å². The zero-order valence-electron chi connectivity index (χ0n) is 11.6. The number of amides is 1. The van der Waals surface area contributed by atoms with E-state index in [2.05, 4.69) is 0 Å². The number of thiocarbonyl (C=S) groups is 1. The number of rotatable bonds is 4. The fraction of sp³-hybridized carbons (Fsp3) is 0.429. The van der Waals surface area contributed by atoms with Crippen LogP contribution in [0.2, 0.25) is 0 Å². The van der Waals surface area contributed by atoms with E-state index < -0.39 is 5.41 Å². The molecule has 1 atom stereocenters. The first-order chi connectivity index (χ1) is 8.69. The van der Waals surface area contributed by atoms with E-state index in [9.17, 15) is 9.18 Å². The fourth-order valence-corrected chi connectivity index (χ4v) is 1.83. The molecular weight excluding hydrogens is 263 g/mol. The van der Waals surface area contributed by atoms with E-state index in [1.165, 1.54) is 11.0 Å². The molecule has 0 spiro atoms. The average molecular weight is 282 g/mol. The maximum atomic E-state index is 13.7. The third-order valence-corrected chi connectivity index (χ3v) is 3.92. The molecule has 3 nitrogen and oxygen atoms in total. The molecule has 0 bridgehead atoms. The molecule has 1 rings (SSSR count). The van der Waals surface area contributed by atoms with Gasteiger partial charge < -0.3 is 10.6 Å². The summed E-state index contributed by atoms with van der Waals surface area (Å²) in [6.45, 7) is 5.11. The van der Waals surface area contributed by atoms with Gasteiger partial charge >= 0.3 is 0 Å². The largest absolute Gasteiger partial charge is 0.392 e. The van der Waals surface area contributed by atoms with Crippen LogP contribution in [0.5, 0.6) is 0 Å². The third-order valence-electron chi connectivity index (χ3n) is 3.41. The summed E-state index contributed by atoms with van der Waals surface area (Å²) < 4.78 is 13.7. The lowest BCUT2D eigenvalue weighted by molar-refractivity contribution is -0.137. The van der Waals surface area contributed by atoms with Gasteiger partial charge in [0.1, 0.15) is 5.82 Å². The molecule has 5 heteroatoms. The monoisotopic (exact) mass is 282 g/mol. The Bertz CT molecular complexity index is 502. The van der Waals surface area contributed by atoms with Crippen LogP contribution < -0.4 is 5.73 Å². The summed E-state index contributed by atoms with van der Waals surface area (Å²) >= 11 is 4.91. The maximum Gasteiger partial charge on any atom is 0.235 e. The summed E-state index contributed by atoms with van der Waals surface area (Å²) in [6.07, 6.45) is 0. The standard InChI is InChI=1S/C14H19FN2OS/c1-9(10-7-5-6-8-11(10)15)17(4)13(18)14(2,3)12(16)19/h5-9H,1-4H3,(H2,16,19). The second-order valence-electron chi connectivity index (χ2n) is 5.10. The van der Waals surface area contributed by atoms with Gasteiger partial charge in [-0.2, -0.15) is 0 Å². The molecule has 0 aliphatic carbocycles. The Morgan fingerprint density at radius 3 is 2.42 bits per heavy atom. The molecule has 1 aromatic carbocycles. The molecule has 2 N–H and O–H groups in total. The van der Waals surface area contributed by atoms with Gasteiger partial charge in [-0.1, -0.05) is 30.4 Å². The number of carbonyl (C=O) groups is 1. The van der Waals surface area contributed by atoms with Crippen molar-refractivity contribution in [1.29, 1.82) is 0 Å². The van der Waals surface area contributed by atoms with Crippen LogP contribution in [0.3, 0.4) is 0 Å². The van der Waals surface area contributed by atoms with E-state index >= 15 is 0 Å². The maximum absolute atomic E-state index is 13.7. The van der Waals surface area contributed by atoms with Crippen molar-refractivity contribution in [2.45, 2.75) is 26.8 Å². The lowest BCUT2D eigenvalue weighted by Gasteiger charge is -2.32. The van der Waals surface area contributed by atoms with Crippen molar-refractivity contribution in [3.05, 3.63) is 35.6 Å². The highest BCUT2D eigenvalue weighted by Gasteiger charge is 2.35. The van der Waals surface area contributed by atoms with E-state index in [0.717, 1.165) is 0 Å². The summed E-state index contributed by atoms with van der Waals surface area (Å²) in [5, 5.41) is 0. The number of carbonyl (C=O) groups excluding carboxylic acids is 1. The topological polar surface area (TPSA) is 46.3 Å². The molecule has 0 fully saturated rings. The molecule has 0 radical (unpaired) electrons. The molecule has 1 amide bonds. The second kappa shape index (κ2) is 5.65. The van der Waals surface area contributed by atoms with Gasteiger partial charge in [0.15, 0.2) is 0 Å². The fourth-order valence-electron chi connectivity index (χ4n) is 1.74. The molecule has 0 saturated carbocycles. The summed E-state index contributed by atoms with van der Waals surface area (Å²) in [7, 11) is 1.62. The van der Waals surface area contributed by atoms with Crippen LogP contribution in [0.25, 0.3) is 0 Å². The predicted octanol–water partition coefficient (Wildman–Crippen LogP) is 2.66. The molecule has 0 saturated heterocycles. The second-order valence-corrected chi connectivity index (χ2v) is 5.54. The van der Waals surface area contributed by atoms with E-state index in [1.54, 1.807) is 46.0 Å². The number of halogens is 1. The molecule has 1 aromatic rings. The summed E-state index contributed by atoms with van der Waals surface area (Å²) in [5.74, 6) is -0.557. The Balaban J connectivity index is 3.01. The van der Waals surface area contributed by atoms with Crippen LogP contribution in [-0.4, -0.2) is 22.8 Å². The van der Waals surface area contributed by atoms with Gasteiger partial charge in [-0.15, -0.1) is 0 Å². The van der Waals surface area contributed by atoms with Crippen molar-refractivity contribution in [1.82, 2.24) is 4.90 Å². The van der Waals surface area contributed by atoms with Gasteiger partial charge in [-0.05, 0) is 26.8 Å². The minimum absolute atomic E-state index is 0.130. The highest BCUT2D eigenvalue weighted by atomic mass is 32.1. The molecular formula is C14H19FN2OS. The van der Waals surface area contributed by atoms with E-state index in [1.807, 2.05) is 0 Å². The van der Waals surface area contributed by atoms with Crippen LogP contribution in [-0.2, 0) is 4.79 Å². The molecule has 1 unspecified atom stereocenters. The van der Waals surface area contributed by atoms with E-state index in [0.29, 0.717) is 5.56 Å². The van der Waals surface area contributed by atoms with E-state index in [-0.39, 0.29) is 22.8 Å². The molecule has 104 valence electrons. The number of nitrogens with two attached hydrogens (primary N) is 1. The molecule has 0 heterocycles. The quantitative estimate of drug-likeness (QED) is 0.864. The van der Waals surface area contributed by atoms with Gasteiger partial charge in [0.25, 0.3) is 0 Å². The van der Waals surface area contributed by atoms with Crippen LogP contribution in [0, 0.1) is 11.2 Å². The Morgan fingerprint density at radius 2 is 1.95 bits per heavy atom. The lowest BCUT2D eigenvalue weighted by atomic mass is 9.90. The highest BCUT2D eigenvalue weighted by molar-refractivity contribution is 7.80. The van der Waals surface area contributed by atoms with Crippen LogP contribution in [0.4, 0.5) is 4.39 Å². The predicted molar refractivity (Wildman–Crippen MR) is 78.2 cm³/mol. The summed E-state index contributed by atoms with van der Waals surface area (Å²) in [5.41, 5.74) is 5.12. The van der Waals surface area contributed by atoms with Gasteiger partial charge in [-0.3, -0.25) is 4.79 Å².